The summed E-state index contributed by atoms with van der Waals surface area (Å²) in [6.45, 7) is 1.87. The van der Waals surface area contributed by atoms with E-state index in [1.165, 1.54) is 0 Å². The Morgan fingerprint density at radius 1 is 0.967 bits per heavy atom. The molecule has 0 aromatic heterocycles. The molecule has 0 aliphatic heterocycles. The molecule has 0 aliphatic carbocycles. The molecule has 1 unspecified atom stereocenters. The molecule has 0 fully saturated rings. The molecule has 0 saturated carbocycles. The van der Waals surface area contributed by atoms with Crippen molar-refractivity contribution in [3.05, 3.63) is 100 Å². The molecule has 0 heterocycles. The first kappa shape index (κ1) is 21.9. The summed E-state index contributed by atoms with van der Waals surface area (Å²) in [6, 6.07) is 23.0. The summed E-state index contributed by atoms with van der Waals surface area (Å²) in [5.74, 6) is 0.0460. The fourth-order valence-corrected chi connectivity index (χ4v) is 4.30. The van der Waals surface area contributed by atoms with Crippen molar-refractivity contribution in [2.45, 2.75) is 12.2 Å². The van der Waals surface area contributed by atoms with E-state index in [2.05, 4.69) is 22.8 Å². The van der Waals surface area contributed by atoms with Crippen LogP contribution in [0.2, 0.25) is 5.02 Å². The Balaban J connectivity index is 1.70. The Morgan fingerprint density at radius 3 is 2.27 bits per heavy atom. The van der Waals surface area contributed by atoms with Gasteiger partial charge in [-0.3, -0.25) is 9.59 Å². The Labute approximate surface area is 186 Å². The number of thioether (sulfide) groups is 1. The smallest absolute Gasteiger partial charge is 0.251 e. The number of carbonyl (C=O) groups excluding carboxylic acids is 2. The number of aryl methyl sites for hydroxylation is 1. The lowest BCUT2D eigenvalue weighted by Gasteiger charge is -2.18. The molecule has 3 rings (SSSR count). The van der Waals surface area contributed by atoms with E-state index in [0.717, 1.165) is 16.7 Å². The van der Waals surface area contributed by atoms with Gasteiger partial charge in [0.25, 0.3) is 5.91 Å². The van der Waals surface area contributed by atoms with Gasteiger partial charge < -0.3 is 10.6 Å². The van der Waals surface area contributed by atoms with Gasteiger partial charge >= 0.3 is 0 Å². The molecule has 3 aromatic rings. The number of halogens is 1. The van der Waals surface area contributed by atoms with Crippen LogP contribution in [0.4, 0.5) is 5.69 Å². The molecular weight excluding hydrogens is 416 g/mol. The molecule has 0 spiro atoms. The van der Waals surface area contributed by atoms with Gasteiger partial charge in [-0.1, -0.05) is 54.1 Å². The molecule has 6 heteroatoms. The predicted molar refractivity (Wildman–Crippen MR) is 125 cm³/mol. The first-order chi connectivity index (χ1) is 14.5. The highest BCUT2D eigenvalue weighted by atomic mass is 35.5. The molecule has 2 amide bonds. The van der Waals surface area contributed by atoms with E-state index in [1.54, 1.807) is 37.0 Å². The quantitative estimate of drug-likeness (QED) is 0.514. The topological polar surface area (TPSA) is 58.2 Å². The van der Waals surface area contributed by atoms with Gasteiger partial charge in [0, 0.05) is 23.3 Å². The van der Waals surface area contributed by atoms with Crippen molar-refractivity contribution in [3.8, 4) is 0 Å². The van der Waals surface area contributed by atoms with Crippen LogP contribution in [0.5, 0.6) is 0 Å². The van der Waals surface area contributed by atoms with Crippen LogP contribution >= 0.6 is 23.4 Å². The predicted octanol–water partition coefficient (Wildman–Crippen LogP) is 5.47. The van der Waals surface area contributed by atoms with E-state index < -0.39 is 0 Å². The number of rotatable bonds is 7. The zero-order chi connectivity index (χ0) is 21.5. The van der Waals surface area contributed by atoms with E-state index in [1.807, 2.05) is 49.4 Å². The van der Waals surface area contributed by atoms with Crippen LogP contribution in [0.1, 0.15) is 32.3 Å². The lowest BCUT2D eigenvalue weighted by Crippen LogP contribution is -2.19. The van der Waals surface area contributed by atoms with Gasteiger partial charge in [0.05, 0.1) is 11.0 Å². The van der Waals surface area contributed by atoms with E-state index in [0.29, 0.717) is 22.0 Å². The second-order valence-corrected chi connectivity index (χ2v) is 8.34. The van der Waals surface area contributed by atoms with Crippen molar-refractivity contribution in [1.29, 1.82) is 0 Å². The molecule has 0 aliphatic rings. The van der Waals surface area contributed by atoms with Crippen LogP contribution in [0.15, 0.2) is 72.8 Å². The fraction of sp³-hybridized carbons (Fsp3) is 0.167. The van der Waals surface area contributed by atoms with Gasteiger partial charge in [0.1, 0.15) is 0 Å². The van der Waals surface area contributed by atoms with Crippen LogP contribution in [-0.4, -0.2) is 24.6 Å². The van der Waals surface area contributed by atoms with E-state index in [9.17, 15) is 9.59 Å². The van der Waals surface area contributed by atoms with Crippen LogP contribution < -0.4 is 10.6 Å². The summed E-state index contributed by atoms with van der Waals surface area (Å²) in [4.78, 5) is 24.4. The molecule has 3 aromatic carbocycles. The third-order valence-electron chi connectivity index (χ3n) is 4.65. The third kappa shape index (κ3) is 5.65. The zero-order valence-electron chi connectivity index (χ0n) is 16.8. The standard InChI is InChI=1S/C24H23ClN2O2S/c1-16-14-19(24(29)26-2)10-13-21(16)27-22(28)15-30-23(17-6-4-3-5-7-17)18-8-11-20(25)12-9-18/h3-14,23H,15H2,1-2H3,(H,26,29)(H,27,28). The fourth-order valence-electron chi connectivity index (χ4n) is 3.09. The number of hydrogen-bond acceptors (Lipinski definition) is 3. The van der Waals surface area contributed by atoms with Gasteiger partial charge in [-0.2, -0.15) is 0 Å². The maximum Gasteiger partial charge on any atom is 0.251 e. The number of benzene rings is 3. The van der Waals surface area contributed by atoms with Gasteiger partial charge in [0.2, 0.25) is 5.91 Å². The largest absolute Gasteiger partial charge is 0.355 e. The number of nitrogens with one attached hydrogen (secondary N) is 2. The van der Waals surface area contributed by atoms with Crippen molar-refractivity contribution in [1.82, 2.24) is 5.32 Å². The van der Waals surface area contributed by atoms with E-state index in [-0.39, 0.29) is 17.1 Å². The Kier molecular flexibility index (Phi) is 7.55. The van der Waals surface area contributed by atoms with Crippen LogP contribution in [0.25, 0.3) is 0 Å². The van der Waals surface area contributed by atoms with Crippen LogP contribution in [0.3, 0.4) is 0 Å². The molecule has 4 nitrogen and oxygen atoms in total. The Hall–Kier alpha value is -2.76. The monoisotopic (exact) mass is 438 g/mol. The Morgan fingerprint density at radius 2 is 1.63 bits per heavy atom. The minimum absolute atomic E-state index is 0.0194. The Bertz CT molecular complexity index is 1020. The molecule has 2 N–H and O–H groups in total. The van der Waals surface area contributed by atoms with Gasteiger partial charge in [0.15, 0.2) is 0 Å². The van der Waals surface area contributed by atoms with Crippen LogP contribution in [-0.2, 0) is 4.79 Å². The van der Waals surface area contributed by atoms with Crippen molar-refractivity contribution in [2.75, 3.05) is 18.1 Å². The molecule has 30 heavy (non-hydrogen) atoms. The lowest BCUT2D eigenvalue weighted by atomic mass is 10.0. The molecule has 1 atom stereocenters. The number of amides is 2. The molecule has 0 saturated heterocycles. The molecule has 154 valence electrons. The highest BCUT2D eigenvalue weighted by molar-refractivity contribution is 8.00. The maximum absolute atomic E-state index is 12.6. The lowest BCUT2D eigenvalue weighted by molar-refractivity contribution is -0.113. The van der Waals surface area contributed by atoms with Gasteiger partial charge in [-0.15, -0.1) is 11.8 Å². The average Bonchev–Trinajstić information content (AvgIpc) is 2.76. The second kappa shape index (κ2) is 10.3. The van der Waals surface area contributed by atoms with Gasteiger partial charge in [-0.05, 0) is 53.9 Å². The minimum Gasteiger partial charge on any atom is -0.355 e. The molecule has 0 bridgehead atoms. The summed E-state index contributed by atoms with van der Waals surface area (Å²) >= 11 is 7.60. The summed E-state index contributed by atoms with van der Waals surface area (Å²) in [7, 11) is 1.59. The third-order valence-corrected chi connectivity index (χ3v) is 6.20. The van der Waals surface area contributed by atoms with Crippen molar-refractivity contribution in [2.24, 2.45) is 0 Å². The van der Waals surface area contributed by atoms with Crippen LogP contribution in [0, 0.1) is 6.92 Å². The SMILES string of the molecule is CNC(=O)c1ccc(NC(=O)CSC(c2ccccc2)c2ccc(Cl)cc2)c(C)c1. The number of carbonyl (C=O) groups is 2. The number of anilines is 1. The highest BCUT2D eigenvalue weighted by Gasteiger charge is 2.17. The summed E-state index contributed by atoms with van der Waals surface area (Å²) in [5.41, 5.74) is 4.33. The molecule has 0 radical (unpaired) electrons. The van der Waals surface area contributed by atoms with Gasteiger partial charge in [-0.25, -0.2) is 0 Å². The number of hydrogen-bond donors (Lipinski definition) is 2. The van der Waals surface area contributed by atoms with E-state index >= 15 is 0 Å². The summed E-state index contributed by atoms with van der Waals surface area (Å²) < 4.78 is 0. The highest BCUT2D eigenvalue weighted by Crippen LogP contribution is 2.36. The summed E-state index contributed by atoms with van der Waals surface area (Å²) in [5, 5.41) is 6.25. The maximum atomic E-state index is 12.6. The molecular formula is C24H23ClN2O2S. The van der Waals surface area contributed by atoms with E-state index in [4.69, 9.17) is 11.6 Å². The summed E-state index contributed by atoms with van der Waals surface area (Å²) in [6.07, 6.45) is 0. The van der Waals surface area contributed by atoms with Crippen molar-refractivity contribution < 1.29 is 9.59 Å². The zero-order valence-corrected chi connectivity index (χ0v) is 18.4. The van der Waals surface area contributed by atoms with Crippen molar-refractivity contribution in [3.63, 3.8) is 0 Å². The first-order valence-electron chi connectivity index (χ1n) is 9.52. The van der Waals surface area contributed by atoms with Crippen molar-refractivity contribution >= 4 is 40.9 Å². The average molecular weight is 439 g/mol. The normalized spacial score (nSPS) is 11.6. The first-order valence-corrected chi connectivity index (χ1v) is 10.9. The minimum atomic E-state index is -0.153. The second-order valence-electron chi connectivity index (χ2n) is 6.81.